The second-order valence-corrected chi connectivity index (χ2v) is 5.54. The average molecular weight is 269 g/mol. The lowest BCUT2D eigenvalue weighted by Gasteiger charge is -2.20. The van der Waals surface area contributed by atoms with Crippen LogP contribution in [0.5, 0.6) is 0 Å². The molecule has 0 spiro atoms. The number of carbonyl (C=O) groups is 1. The van der Waals surface area contributed by atoms with Gasteiger partial charge in [-0.1, -0.05) is 17.7 Å². The molecule has 0 radical (unpaired) electrons. The standard InChI is InChI=1S/C16H19N3O/c1-10-3-6-13(7-4-10)19-16(20)12-5-8-14-15(9-12)18-11(2)17-14/h3-4,6-7,12H,5,8-9H2,1-2H3,(H,17,18)(H,19,20). The van der Waals surface area contributed by atoms with Crippen molar-refractivity contribution in [3.8, 4) is 0 Å². The third-order valence-corrected chi connectivity index (χ3v) is 3.85. The maximum atomic E-state index is 12.3. The summed E-state index contributed by atoms with van der Waals surface area (Å²) in [5, 5.41) is 3.00. The van der Waals surface area contributed by atoms with Gasteiger partial charge in [-0.2, -0.15) is 0 Å². The van der Waals surface area contributed by atoms with E-state index in [0.29, 0.717) is 0 Å². The van der Waals surface area contributed by atoms with Crippen molar-refractivity contribution in [1.82, 2.24) is 9.97 Å². The molecule has 0 saturated carbocycles. The summed E-state index contributed by atoms with van der Waals surface area (Å²) in [6.45, 7) is 3.99. The summed E-state index contributed by atoms with van der Waals surface area (Å²) in [6, 6.07) is 7.91. The largest absolute Gasteiger partial charge is 0.346 e. The van der Waals surface area contributed by atoms with Crippen LogP contribution in [0.3, 0.4) is 0 Å². The highest BCUT2D eigenvalue weighted by Gasteiger charge is 2.26. The molecule has 0 fully saturated rings. The lowest BCUT2D eigenvalue weighted by molar-refractivity contribution is -0.120. The topological polar surface area (TPSA) is 57.8 Å². The van der Waals surface area contributed by atoms with E-state index in [2.05, 4.69) is 15.3 Å². The highest BCUT2D eigenvalue weighted by atomic mass is 16.1. The highest BCUT2D eigenvalue weighted by molar-refractivity contribution is 5.92. The minimum Gasteiger partial charge on any atom is -0.346 e. The van der Waals surface area contributed by atoms with Gasteiger partial charge in [0, 0.05) is 23.7 Å². The Morgan fingerprint density at radius 1 is 1.30 bits per heavy atom. The number of nitrogens with zero attached hydrogens (tertiary/aromatic N) is 1. The van der Waals surface area contributed by atoms with Crippen LogP contribution < -0.4 is 5.32 Å². The number of fused-ring (bicyclic) bond motifs is 1. The van der Waals surface area contributed by atoms with E-state index < -0.39 is 0 Å². The summed E-state index contributed by atoms with van der Waals surface area (Å²) >= 11 is 0. The van der Waals surface area contributed by atoms with Gasteiger partial charge in [0.25, 0.3) is 0 Å². The molecular weight excluding hydrogens is 250 g/mol. The SMILES string of the molecule is Cc1ccc(NC(=O)C2CCc3nc(C)[nH]c3C2)cc1. The quantitative estimate of drug-likeness (QED) is 0.880. The van der Waals surface area contributed by atoms with Gasteiger partial charge in [-0.25, -0.2) is 4.98 Å². The normalized spacial score (nSPS) is 17.6. The predicted octanol–water partition coefficient (Wildman–Crippen LogP) is 2.77. The summed E-state index contributed by atoms with van der Waals surface area (Å²) < 4.78 is 0. The first-order valence-electron chi connectivity index (χ1n) is 7.03. The predicted molar refractivity (Wildman–Crippen MR) is 78.6 cm³/mol. The van der Waals surface area contributed by atoms with Crippen LogP contribution in [0.2, 0.25) is 0 Å². The zero-order valence-electron chi connectivity index (χ0n) is 11.9. The van der Waals surface area contributed by atoms with E-state index in [-0.39, 0.29) is 11.8 Å². The molecule has 0 saturated heterocycles. The molecule has 1 atom stereocenters. The summed E-state index contributed by atoms with van der Waals surface area (Å²) in [4.78, 5) is 20.0. The number of H-pyrrole nitrogens is 1. The van der Waals surface area contributed by atoms with E-state index in [1.54, 1.807) is 0 Å². The second kappa shape index (κ2) is 5.12. The Hall–Kier alpha value is -2.10. The van der Waals surface area contributed by atoms with Crippen molar-refractivity contribution in [3.05, 3.63) is 47.0 Å². The van der Waals surface area contributed by atoms with E-state index in [1.807, 2.05) is 38.1 Å². The summed E-state index contributed by atoms with van der Waals surface area (Å²) in [5.41, 5.74) is 4.31. The number of carbonyl (C=O) groups excluding carboxylic acids is 1. The minimum absolute atomic E-state index is 0.0312. The van der Waals surface area contributed by atoms with Gasteiger partial charge in [0.15, 0.2) is 0 Å². The Labute approximate surface area is 118 Å². The first-order valence-corrected chi connectivity index (χ1v) is 7.03. The molecule has 1 aliphatic rings. The highest BCUT2D eigenvalue weighted by Crippen LogP contribution is 2.25. The summed E-state index contributed by atoms with van der Waals surface area (Å²) in [7, 11) is 0. The third-order valence-electron chi connectivity index (χ3n) is 3.85. The fourth-order valence-electron chi connectivity index (χ4n) is 2.73. The van der Waals surface area contributed by atoms with Crippen LogP contribution >= 0.6 is 0 Å². The van der Waals surface area contributed by atoms with Gasteiger partial charge >= 0.3 is 0 Å². The van der Waals surface area contributed by atoms with Crippen LogP contribution in [-0.4, -0.2) is 15.9 Å². The average Bonchev–Trinajstić information content (AvgIpc) is 2.80. The fourth-order valence-corrected chi connectivity index (χ4v) is 2.73. The van der Waals surface area contributed by atoms with E-state index in [9.17, 15) is 4.79 Å². The monoisotopic (exact) mass is 269 g/mol. The first-order chi connectivity index (χ1) is 9.61. The molecule has 1 amide bonds. The maximum Gasteiger partial charge on any atom is 0.227 e. The van der Waals surface area contributed by atoms with E-state index in [1.165, 1.54) is 5.56 Å². The zero-order valence-corrected chi connectivity index (χ0v) is 11.9. The lowest BCUT2D eigenvalue weighted by atomic mass is 9.89. The summed E-state index contributed by atoms with van der Waals surface area (Å²) in [5.74, 6) is 1.07. The molecule has 0 aliphatic heterocycles. The number of aromatic amines is 1. The van der Waals surface area contributed by atoms with Gasteiger partial charge in [0.2, 0.25) is 5.91 Å². The van der Waals surface area contributed by atoms with Crippen LogP contribution in [0.4, 0.5) is 5.69 Å². The minimum atomic E-state index is 0.0312. The zero-order chi connectivity index (χ0) is 14.1. The van der Waals surface area contributed by atoms with E-state index >= 15 is 0 Å². The molecule has 1 heterocycles. The van der Waals surface area contributed by atoms with Gasteiger partial charge in [0.05, 0.1) is 5.69 Å². The van der Waals surface area contributed by atoms with Crippen molar-refractivity contribution in [2.24, 2.45) is 5.92 Å². The Morgan fingerprint density at radius 2 is 2.05 bits per heavy atom. The number of anilines is 1. The Bertz CT molecular complexity index is 628. The second-order valence-electron chi connectivity index (χ2n) is 5.54. The summed E-state index contributed by atoms with van der Waals surface area (Å²) in [6.07, 6.45) is 2.51. The molecule has 4 nitrogen and oxygen atoms in total. The van der Waals surface area contributed by atoms with Gasteiger partial charge < -0.3 is 10.3 Å². The lowest BCUT2D eigenvalue weighted by Crippen LogP contribution is -2.28. The van der Waals surface area contributed by atoms with Crippen LogP contribution in [-0.2, 0) is 17.6 Å². The number of imidazole rings is 1. The van der Waals surface area contributed by atoms with Gasteiger partial charge in [0.1, 0.15) is 5.82 Å². The Morgan fingerprint density at radius 3 is 2.80 bits per heavy atom. The van der Waals surface area contributed by atoms with Crippen molar-refractivity contribution in [2.75, 3.05) is 5.32 Å². The first kappa shape index (κ1) is 12.9. The number of hydrogen-bond acceptors (Lipinski definition) is 2. The number of aryl methyl sites for hydroxylation is 3. The van der Waals surface area contributed by atoms with E-state index in [0.717, 1.165) is 42.2 Å². The molecule has 20 heavy (non-hydrogen) atoms. The van der Waals surface area contributed by atoms with Crippen LogP contribution in [0, 0.1) is 19.8 Å². The molecule has 1 aliphatic carbocycles. The molecule has 2 aromatic rings. The molecule has 0 bridgehead atoms. The number of rotatable bonds is 2. The number of benzene rings is 1. The fraction of sp³-hybridized carbons (Fsp3) is 0.375. The molecule has 104 valence electrons. The number of nitrogens with one attached hydrogen (secondary N) is 2. The van der Waals surface area contributed by atoms with Crippen LogP contribution in [0.1, 0.15) is 29.2 Å². The van der Waals surface area contributed by atoms with Crippen LogP contribution in [0.25, 0.3) is 0 Å². The molecule has 1 aromatic heterocycles. The number of hydrogen-bond donors (Lipinski definition) is 2. The maximum absolute atomic E-state index is 12.3. The van der Waals surface area contributed by atoms with E-state index in [4.69, 9.17) is 0 Å². The Kier molecular flexibility index (Phi) is 3.30. The van der Waals surface area contributed by atoms with Gasteiger partial charge in [-0.15, -0.1) is 0 Å². The van der Waals surface area contributed by atoms with Crippen molar-refractivity contribution in [1.29, 1.82) is 0 Å². The van der Waals surface area contributed by atoms with Crippen molar-refractivity contribution < 1.29 is 4.79 Å². The third kappa shape index (κ3) is 2.59. The molecule has 4 heteroatoms. The molecule has 3 rings (SSSR count). The molecular formula is C16H19N3O. The number of aromatic nitrogens is 2. The number of amides is 1. The van der Waals surface area contributed by atoms with Gasteiger partial charge in [-0.05, 0) is 38.8 Å². The smallest absolute Gasteiger partial charge is 0.227 e. The van der Waals surface area contributed by atoms with Crippen molar-refractivity contribution in [2.45, 2.75) is 33.1 Å². The molecule has 1 unspecified atom stereocenters. The Balaban J connectivity index is 1.68. The van der Waals surface area contributed by atoms with Crippen molar-refractivity contribution >= 4 is 11.6 Å². The van der Waals surface area contributed by atoms with Crippen LogP contribution in [0.15, 0.2) is 24.3 Å². The molecule has 1 aromatic carbocycles. The van der Waals surface area contributed by atoms with Gasteiger partial charge in [-0.3, -0.25) is 4.79 Å². The van der Waals surface area contributed by atoms with Crippen molar-refractivity contribution in [3.63, 3.8) is 0 Å². The molecule has 2 N–H and O–H groups in total.